The standard InChI is InChI=1S/C29H22O9/c1-35-16-8-9-23-18(10-16)28(34)19(14-37-23)17(11-25(33)36-2)26-20(30)12-21(31)27-22(32)13-24(38-29(26)27)15-6-4-3-5-7-15/h3-10,12-14,17,30-31H,11H2,1-2H3/t17-/m0/s1. The quantitative estimate of drug-likeness (QED) is 0.309. The van der Waals surface area contributed by atoms with E-state index in [4.69, 9.17) is 18.3 Å². The predicted molar refractivity (Wildman–Crippen MR) is 139 cm³/mol. The Morgan fingerprint density at radius 3 is 2.45 bits per heavy atom. The first kappa shape index (κ1) is 24.6. The van der Waals surface area contributed by atoms with E-state index in [0.717, 1.165) is 6.07 Å². The van der Waals surface area contributed by atoms with Crippen molar-refractivity contribution in [3.05, 3.63) is 98.5 Å². The summed E-state index contributed by atoms with van der Waals surface area (Å²) in [4.78, 5) is 39.3. The Hall–Kier alpha value is -5.05. The van der Waals surface area contributed by atoms with Crippen molar-refractivity contribution in [2.45, 2.75) is 12.3 Å². The number of hydrogen-bond acceptors (Lipinski definition) is 9. The molecule has 0 saturated carbocycles. The van der Waals surface area contributed by atoms with Crippen molar-refractivity contribution in [2.75, 3.05) is 14.2 Å². The molecule has 0 aliphatic heterocycles. The average Bonchev–Trinajstić information content (AvgIpc) is 2.92. The maximum atomic E-state index is 13.7. The van der Waals surface area contributed by atoms with E-state index in [1.54, 1.807) is 42.5 Å². The van der Waals surface area contributed by atoms with Gasteiger partial charge in [-0.05, 0) is 18.2 Å². The van der Waals surface area contributed by atoms with E-state index >= 15 is 0 Å². The van der Waals surface area contributed by atoms with Crippen LogP contribution in [0, 0.1) is 0 Å². The van der Waals surface area contributed by atoms with E-state index in [1.165, 1.54) is 32.6 Å². The summed E-state index contributed by atoms with van der Waals surface area (Å²) in [5.41, 5.74) is -0.417. The fourth-order valence-corrected chi connectivity index (χ4v) is 4.51. The van der Waals surface area contributed by atoms with Gasteiger partial charge in [0, 0.05) is 34.7 Å². The lowest BCUT2D eigenvalue weighted by Crippen LogP contribution is -2.19. The van der Waals surface area contributed by atoms with Gasteiger partial charge in [0.05, 0.1) is 32.3 Å². The Kier molecular flexibility index (Phi) is 6.34. The van der Waals surface area contributed by atoms with E-state index in [-0.39, 0.29) is 38.8 Å². The van der Waals surface area contributed by atoms with Gasteiger partial charge in [0.15, 0.2) is 10.9 Å². The third kappa shape index (κ3) is 4.24. The SMILES string of the molecule is COC(=O)C[C@@H](c1coc2ccc(OC)cc2c1=O)c1c(O)cc(O)c2c(=O)cc(-c3ccccc3)oc12. The number of ether oxygens (including phenoxy) is 2. The Bertz CT molecular complexity index is 1800. The molecular weight excluding hydrogens is 492 g/mol. The monoisotopic (exact) mass is 514 g/mol. The number of carbonyl (C=O) groups excluding carboxylic acids is 1. The first-order valence-corrected chi connectivity index (χ1v) is 11.6. The summed E-state index contributed by atoms with van der Waals surface area (Å²) in [6.45, 7) is 0. The molecule has 0 saturated heterocycles. The smallest absolute Gasteiger partial charge is 0.306 e. The van der Waals surface area contributed by atoms with Crippen LogP contribution in [0.4, 0.5) is 0 Å². The zero-order valence-corrected chi connectivity index (χ0v) is 20.4. The number of benzene rings is 3. The van der Waals surface area contributed by atoms with Gasteiger partial charge >= 0.3 is 5.97 Å². The molecule has 0 aliphatic rings. The van der Waals surface area contributed by atoms with Crippen molar-refractivity contribution in [1.82, 2.24) is 0 Å². The molecule has 3 aromatic carbocycles. The van der Waals surface area contributed by atoms with Crippen LogP contribution in [0.3, 0.4) is 0 Å². The van der Waals surface area contributed by atoms with Crippen molar-refractivity contribution < 1.29 is 33.3 Å². The third-order valence-electron chi connectivity index (χ3n) is 6.38. The fraction of sp³-hybridized carbons (Fsp3) is 0.138. The van der Waals surface area contributed by atoms with Crippen molar-refractivity contribution >= 4 is 27.9 Å². The molecule has 5 aromatic rings. The van der Waals surface area contributed by atoms with Crippen LogP contribution in [0.1, 0.15) is 23.5 Å². The summed E-state index contributed by atoms with van der Waals surface area (Å²) in [5, 5.41) is 21.5. The van der Waals surface area contributed by atoms with E-state index in [0.29, 0.717) is 11.3 Å². The normalized spacial score (nSPS) is 11.9. The van der Waals surface area contributed by atoms with Crippen LogP contribution in [-0.2, 0) is 9.53 Å². The highest BCUT2D eigenvalue weighted by molar-refractivity contribution is 5.91. The van der Waals surface area contributed by atoms with Crippen molar-refractivity contribution in [2.24, 2.45) is 0 Å². The summed E-state index contributed by atoms with van der Waals surface area (Å²) in [6, 6.07) is 15.7. The molecule has 38 heavy (non-hydrogen) atoms. The largest absolute Gasteiger partial charge is 0.507 e. The molecule has 9 heteroatoms. The second kappa shape index (κ2) is 9.78. The third-order valence-corrected chi connectivity index (χ3v) is 6.38. The highest BCUT2D eigenvalue weighted by atomic mass is 16.5. The van der Waals surface area contributed by atoms with Gasteiger partial charge in [-0.3, -0.25) is 14.4 Å². The highest BCUT2D eigenvalue weighted by Crippen LogP contribution is 2.42. The van der Waals surface area contributed by atoms with Crippen molar-refractivity contribution in [3.63, 3.8) is 0 Å². The van der Waals surface area contributed by atoms with Crippen LogP contribution in [0.25, 0.3) is 33.3 Å². The summed E-state index contributed by atoms with van der Waals surface area (Å²) in [6.07, 6.45) is 0.797. The number of rotatable bonds is 6. The van der Waals surface area contributed by atoms with Crippen LogP contribution >= 0.6 is 0 Å². The van der Waals surface area contributed by atoms with Crippen LogP contribution < -0.4 is 15.6 Å². The molecule has 0 aliphatic carbocycles. The molecule has 0 radical (unpaired) electrons. The van der Waals surface area contributed by atoms with Gasteiger partial charge < -0.3 is 28.5 Å². The minimum atomic E-state index is -1.16. The second-order valence-electron chi connectivity index (χ2n) is 8.59. The van der Waals surface area contributed by atoms with E-state index in [2.05, 4.69) is 0 Å². The second-order valence-corrected chi connectivity index (χ2v) is 8.59. The van der Waals surface area contributed by atoms with E-state index in [9.17, 15) is 24.6 Å². The molecule has 1 atom stereocenters. The van der Waals surface area contributed by atoms with Crippen LogP contribution in [-0.4, -0.2) is 30.4 Å². The summed E-state index contributed by atoms with van der Waals surface area (Å²) in [7, 11) is 2.65. The molecule has 0 unspecified atom stereocenters. The Balaban J connectivity index is 1.84. The van der Waals surface area contributed by atoms with Crippen LogP contribution in [0.2, 0.25) is 0 Å². The average molecular weight is 514 g/mol. The van der Waals surface area contributed by atoms with Crippen molar-refractivity contribution in [1.29, 1.82) is 0 Å². The fourth-order valence-electron chi connectivity index (χ4n) is 4.51. The maximum Gasteiger partial charge on any atom is 0.306 e. The van der Waals surface area contributed by atoms with E-state index < -0.39 is 40.7 Å². The van der Waals surface area contributed by atoms with Gasteiger partial charge in [-0.1, -0.05) is 30.3 Å². The van der Waals surface area contributed by atoms with Gasteiger partial charge in [0.1, 0.15) is 39.6 Å². The number of hydrogen-bond donors (Lipinski definition) is 2. The number of phenols is 2. The van der Waals surface area contributed by atoms with Crippen LogP contribution in [0.15, 0.2) is 85.4 Å². The molecular formula is C29H22O9. The molecule has 5 rings (SSSR count). The van der Waals surface area contributed by atoms with Gasteiger partial charge in [0.2, 0.25) is 0 Å². The van der Waals surface area contributed by atoms with Gasteiger partial charge in [-0.2, -0.15) is 0 Å². The molecule has 0 bridgehead atoms. The molecule has 2 heterocycles. The number of phenolic OH excluding ortho intramolecular Hbond substituents is 2. The zero-order valence-electron chi connectivity index (χ0n) is 20.4. The Morgan fingerprint density at radius 2 is 1.74 bits per heavy atom. The first-order chi connectivity index (χ1) is 18.3. The van der Waals surface area contributed by atoms with Gasteiger partial charge in [0.25, 0.3) is 0 Å². The summed E-state index contributed by atoms with van der Waals surface area (Å²) < 4.78 is 21.9. The van der Waals surface area contributed by atoms with Crippen LogP contribution in [0.5, 0.6) is 17.2 Å². The molecule has 0 spiro atoms. The summed E-state index contributed by atoms with van der Waals surface area (Å²) in [5.74, 6) is -2.26. The lowest BCUT2D eigenvalue weighted by atomic mass is 9.86. The number of fused-ring (bicyclic) bond motifs is 2. The molecule has 0 amide bonds. The summed E-state index contributed by atoms with van der Waals surface area (Å²) >= 11 is 0. The first-order valence-electron chi connectivity index (χ1n) is 11.6. The molecule has 0 fully saturated rings. The lowest BCUT2D eigenvalue weighted by Gasteiger charge is -2.19. The molecule has 2 N–H and O–H groups in total. The lowest BCUT2D eigenvalue weighted by molar-refractivity contribution is -0.140. The highest BCUT2D eigenvalue weighted by Gasteiger charge is 2.31. The maximum absolute atomic E-state index is 13.7. The predicted octanol–water partition coefficient (Wildman–Crippen LogP) is 4.68. The topological polar surface area (TPSA) is 136 Å². The number of methoxy groups -OCH3 is 2. The molecule has 2 aromatic heterocycles. The van der Waals surface area contributed by atoms with Crippen molar-refractivity contribution in [3.8, 4) is 28.6 Å². The Labute approximate surface area is 215 Å². The number of carbonyl (C=O) groups is 1. The molecule has 9 nitrogen and oxygen atoms in total. The van der Waals surface area contributed by atoms with E-state index in [1.807, 2.05) is 0 Å². The minimum absolute atomic E-state index is 0.00575. The minimum Gasteiger partial charge on any atom is -0.507 e. The number of aromatic hydroxyl groups is 2. The number of esters is 1. The Morgan fingerprint density at radius 1 is 0.974 bits per heavy atom. The van der Waals surface area contributed by atoms with Gasteiger partial charge in [-0.15, -0.1) is 0 Å². The zero-order chi connectivity index (χ0) is 27.0. The van der Waals surface area contributed by atoms with Gasteiger partial charge in [-0.25, -0.2) is 0 Å². The molecule has 192 valence electrons.